The molecule has 0 fully saturated rings. The van der Waals surface area contributed by atoms with Gasteiger partial charge in [0.05, 0.1) is 0 Å². The number of pyridine rings is 1. The number of rotatable bonds is 4. The molecule has 0 bridgehead atoms. The number of nitrogens with two attached hydrogens (primary N) is 1. The Morgan fingerprint density at radius 1 is 1.67 bits per heavy atom. The summed E-state index contributed by atoms with van der Waals surface area (Å²) in [6.07, 6.45) is 4.34. The summed E-state index contributed by atoms with van der Waals surface area (Å²) >= 11 is 0. The van der Waals surface area contributed by atoms with Gasteiger partial charge in [-0.05, 0) is 18.1 Å². The molecule has 4 heteroatoms. The van der Waals surface area contributed by atoms with Crippen LogP contribution in [-0.2, 0) is 0 Å². The van der Waals surface area contributed by atoms with Gasteiger partial charge in [0.2, 0.25) is 0 Å². The van der Waals surface area contributed by atoms with Crippen LogP contribution in [-0.4, -0.2) is 4.98 Å². The van der Waals surface area contributed by atoms with Crippen LogP contribution in [0.15, 0.2) is 12.3 Å². The Labute approximate surface area is 88.7 Å². The van der Waals surface area contributed by atoms with Gasteiger partial charge in [-0.3, -0.25) is 0 Å². The summed E-state index contributed by atoms with van der Waals surface area (Å²) in [7, 11) is 0. The van der Waals surface area contributed by atoms with Gasteiger partial charge < -0.3 is 5.73 Å². The van der Waals surface area contributed by atoms with E-state index in [0.717, 1.165) is 19.3 Å². The first-order valence-corrected chi connectivity index (χ1v) is 5.00. The van der Waals surface area contributed by atoms with Gasteiger partial charge in [0, 0.05) is 12.2 Å². The number of hydrogen-bond donors (Lipinski definition) is 1. The van der Waals surface area contributed by atoms with Crippen molar-refractivity contribution in [2.45, 2.75) is 32.2 Å². The quantitative estimate of drug-likeness (QED) is 0.823. The van der Waals surface area contributed by atoms with Crippen molar-refractivity contribution in [1.82, 2.24) is 4.98 Å². The Bertz CT molecular complexity index is 371. The maximum absolute atomic E-state index is 13.2. The molecule has 2 N–H and O–H groups in total. The summed E-state index contributed by atoms with van der Waals surface area (Å²) in [5.41, 5.74) is 6.33. The van der Waals surface area contributed by atoms with E-state index in [1.165, 1.54) is 12.3 Å². The first-order chi connectivity index (χ1) is 7.19. The summed E-state index contributed by atoms with van der Waals surface area (Å²) in [5, 5.41) is 8.51. The van der Waals surface area contributed by atoms with Crippen LogP contribution >= 0.6 is 0 Å². The van der Waals surface area contributed by atoms with Crippen molar-refractivity contribution in [1.29, 1.82) is 5.26 Å². The molecule has 80 valence electrons. The topological polar surface area (TPSA) is 62.7 Å². The lowest BCUT2D eigenvalue weighted by atomic mass is 10.0. The van der Waals surface area contributed by atoms with Gasteiger partial charge in [-0.1, -0.05) is 19.8 Å². The highest BCUT2D eigenvalue weighted by Gasteiger charge is 2.09. The predicted molar refractivity (Wildman–Crippen MR) is 55.4 cm³/mol. The van der Waals surface area contributed by atoms with Gasteiger partial charge in [-0.15, -0.1) is 0 Å². The Balaban J connectivity index is 2.79. The number of nitriles is 1. The Morgan fingerprint density at radius 3 is 2.93 bits per heavy atom. The number of hydrogen-bond acceptors (Lipinski definition) is 3. The van der Waals surface area contributed by atoms with Crippen LogP contribution in [0.2, 0.25) is 0 Å². The van der Waals surface area contributed by atoms with E-state index in [4.69, 9.17) is 11.0 Å². The summed E-state index contributed by atoms with van der Waals surface area (Å²) in [5.74, 6) is -0.595. The van der Waals surface area contributed by atoms with E-state index >= 15 is 0 Å². The molecule has 1 atom stereocenters. The molecule has 0 aliphatic heterocycles. The van der Waals surface area contributed by atoms with Gasteiger partial charge in [0.1, 0.15) is 6.07 Å². The minimum absolute atomic E-state index is 0.179. The van der Waals surface area contributed by atoms with Gasteiger partial charge in [0.15, 0.2) is 11.5 Å². The minimum Gasteiger partial charge on any atom is -0.324 e. The average Bonchev–Trinajstić information content (AvgIpc) is 2.25. The van der Waals surface area contributed by atoms with Crippen LogP contribution in [0.1, 0.15) is 43.5 Å². The summed E-state index contributed by atoms with van der Waals surface area (Å²) in [6, 6.07) is 2.78. The fourth-order valence-corrected chi connectivity index (χ4v) is 1.33. The van der Waals surface area contributed by atoms with Crippen LogP contribution in [0, 0.1) is 17.1 Å². The Hall–Kier alpha value is -1.47. The third-order valence-electron chi connectivity index (χ3n) is 2.27. The van der Waals surface area contributed by atoms with Crippen LogP contribution < -0.4 is 5.73 Å². The molecular formula is C11H14FN3. The lowest BCUT2D eigenvalue weighted by Gasteiger charge is -2.10. The van der Waals surface area contributed by atoms with Crippen LogP contribution in [0.3, 0.4) is 0 Å². The lowest BCUT2D eigenvalue weighted by Crippen LogP contribution is -2.11. The summed E-state index contributed by atoms with van der Waals surface area (Å²) < 4.78 is 13.2. The van der Waals surface area contributed by atoms with E-state index in [9.17, 15) is 4.39 Å². The molecule has 1 aromatic rings. The maximum Gasteiger partial charge on any atom is 0.176 e. The highest BCUT2D eigenvalue weighted by Crippen LogP contribution is 2.17. The molecule has 0 saturated heterocycles. The monoisotopic (exact) mass is 207 g/mol. The standard InChI is InChI=1S/C11H14FN3/c1-2-3-4-10(14)8-5-9(12)11(6-13)15-7-8/h5,7,10H,2-4,14H2,1H3/t10-/m1/s1. The van der Waals surface area contributed by atoms with E-state index in [2.05, 4.69) is 11.9 Å². The summed E-state index contributed by atoms with van der Waals surface area (Å²) in [4.78, 5) is 3.71. The second-order valence-corrected chi connectivity index (χ2v) is 3.46. The third kappa shape index (κ3) is 3.00. The number of nitrogens with zero attached hydrogens (tertiary/aromatic N) is 2. The predicted octanol–water partition coefficient (Wildman–Crippen LogP) is 2.28. The van der Waals surface area contributed by atoms with Crippen molar-refractivity contribution in [2.24, 2.45) is 5.73 Å². The molecule has 1 aromatic heterocycles. The molecule has 0 amide bonds. The fourth-order valence-electron chi connectivity index (χ4n) is 1.33. The molecule has 1 rings (SSSR count). The maximum atomic E-state index is 13.2. The molecule has 3 nitrogen and oxygen atoms in total. The molecule has 0 saturated carbocycles. The molecular weight excluding hydrogens is 193 g/mol. The smallest absolute Gasteiger partial charge is 0.176 e. The minimum atomic E-state index is -0.595. The first-order valence-electron chi connectivity index (χ1n) is 5.00. The normalized spacial score (nSPS) is 12.1. The van der Waals surface area contributed by atoms with E-state index in [1.807, 2.05) is 0 Å². The number of halogens is 1. The lowest BCUT2D eigenvalue weighted by molar-refractivity contribution is 0.581. The zero-order valence-electron chi connectivity index (χ0n) is 8.70. The molecule has 0 aliphatic rings. The van der Waals surface area contributed by atoms with Gasteiger partial charge >= 0.3 is 0 Å². The highest BCUT2D eigenvalue weighted by molar-refractivity contribution is 5.26. The van der Waals surface area contributed by atoms with E-state index in [-0.39, 0.29) is 11.7 Å². The van der Waals surface area contributed by atoms with Crippen molar-refractivity contribution in [3.8, 4) is 6.07 Å². The van der Waals surface area contributed by atoms with Crippen LogP contribution in [0.4, 0.5) is 4.39 Å². The SMILES string of the molecule is CCCC[C@@H](N)c1cnc(C#N)c(F)c1. The van der Waals surface area contributed by atoms with Crippen molar-refractivity contribution >= 4 is 0 Å². The zero-order valence-corrected chi connectivity index (χ0v) is 8.70. The molecule has 0 spiro atoms. The van der Waals surface area contributed by atoms with E-state index < -0.39 is 5.82 Å². The van der Waals surface area contributed by atoms with Crippen LogP contribution in [0.25, 0.3) is 0 Å². The van der Waals surface area contributed by atoms with Crippen molar-refractivity contribution in [2.75, 3.05) is 0 Å². The first kappa shape index (κ1) is 11.6. The highest BCUT2D eigenvalue weighted by atomic mass is 19.1. The van der Waals surface area contributed by atoms with Crippen molar-refractivity contribution in [3.63, 3.8) is 0 Å². The second kappa shape index (κ2) is 5.42. The third-order valence-corrected chi connectivity index (χ3v) is 2.27. The molecule has 0 aromatic carbocycles. The molecule has 0 unspecified atom stereocenters. The fraction of sp³-hybridized carbons (Fsp3) is 0.455. The summed E-state index contributed by atoms with van der Waals surface area (Å²) in [6.45, 7) is 2.07. The molecule has 15 heavy (non-hydrogen) atoms. The van der Waals surface area contributed by atoms with E-state index in [1.54, 1.807) is 6.07 Å². The molecule has 0 radical (unpaired) electrons. The van der Waals surface area contributed by atoms with Gasteiger partial charge in [0.25, 0.3) is 0 Å². The van der Waals surface area contributed by atoms with Crippen molar-refractivity contribution < 1.29 is 4.39 Å². The van der Waals surface area contributed by atoms with Gasteiger partial charge in [-0.2, -0.15) is 5.26 Å². The average molecular weight is 207 g/mol. The van der Waals surface area contributed by atoms with Crippen LogP contribution in [0.5, 0.6) is 0 Å². The zero-order chi connectivity index (χ0) is 11.3. The Morgan fingerprint density at radius 2 is 2.40 bits per heavy atom. The van der Waals surface area contributed by atoms with Crippen molar-refractivity contribution in [3.05, 3.63) is 29.3 Å². The van der Waals surface area contributed by atoms with E-state index in [0.29, 0.717) is 5.56 Å². The Kier molecular flexibility index (Phi) is 4.19. The largest absolute Gasteiger partial charge is 0.324 e. The second-order valence-electron chi connectivity index (χ2n) is 3.46. The molecule has 0 aliphatic carbocycles. The number of unbranched alkanes of at least 4 members (excludes halogenated alkanes) is 1. The van der Waals surface area contributed by atoms with Gasteiger partial charge in [-0.25, -0.2) is 9.37 Å². The number of aromatic nitrogens is 1. The molecule has 1 heterocycles.